The molecule has 1 N–H and O–H groups in total. The molecule has 0 radical (unpaired) electrons. The standard InChI is InChI=1S/C21H19FN6O4S/c1-2-32-18(30)9-14-11-33-21(25-14)26-17(29)7-8-27-12-23-19-16(20(27)31)10-24-28(19)15-5-3-13(22)4-6-15/h3-6,10-12H,2,7-9H2,1H3,(H,25,26,29). The van der Waals surface area contributed by atoms with E-state index in [0.29, 0.717) is 28.8 Å². The van der Waals surface area contributed by atoms with Crippen molar-refractivity contribution in [2.45, 2.75) is 26.3 Å². The minimum absolute atomic E-state index is 0.0198. The maximum atomic E-state index is 13.2. The van der Waals surface area contributed by atoms with Crippen LogP contribution in [0, 0.1) is 5.82 Å². The lowest BCUT2D eigenvalue weighted by atomic mass is 10.3. The maximum Gasteiger partial charge on any atom is 0.311 e. The SMILES string of the molecule is CCOC(=O)Cc1csc(NC(=O)CCn2cnc3c(cnn3-c3ccc(F)cc3)c2=O)n1. The normalized spacial score (nSPS) is 11.0. The fourth-order valence-electron chi connectivity index (χ4n) is 3.09. The number of ether oxygens (including phenoxy) is 1. The van der Waals surface area contributed by atoms with Crippen LogP contribution in [0.3, 0.4) is 0 Å². The zero-order valence-electron chi connectivity index (χ0n) is 17.5. The van der Waals surface area contributed by atoms with Gasteiger partial charge in [0, 0.05) is 18.3 Å². The summed E-state index contributed by atoms with van der Waals surface area (Å²) in [5.41, 5.74) is 1.08. The van der Waals surface area contributed by atoms with E-state index in [1.165, 1.54) is 57.4 Å². The first-order chi connectivity index (χ1) is 15.9. The topological polar surface area (TPSA) is 121 Å². The summed E-state index contributed by atoms with van der Waals surface area (Å²) >= 11 is 1.20. The van der Waals surface area contributed by atoms with Crippen LogP contribution < -0.4 is 10.9 Å². The summed E-state index contributed by atoms with van der Waals surface area (Å²) in [6.07, 6.45) is 2.80. The predicted octanol–water partition coefficient (Wildman–Crippen LogP) is 2.31. The van der Waals surface area contributed by atoms with Crippen molar-refractivity contribution in [3.05, 3.63) is 64.0 Å². The van der Waals surface area contributed by atoms with Gasteiger partial charge in [0.05, 0.1) is 36.9 Å². The lowest BCUT2D eigenvalue weighted by Crippen LogP contribution is -2.23. The van der Waals surface area contributed by atoms with Crippen molar-refractivity contribution in [1.82, 2.24) is 24.3 Å². The zero-order valence-corrected chi connectivity index (χ0v) is 18.3. The fraction of sp³-hybridized carbons (Fsp3) is 0.238. The second kappa shape index (κ2) is 9.69. The van der Waals surface area contributed by atoms with Gasteiger partial charge >= 0.3 is 5.97 Å². The third-order valence-corrected chi connectivity index (χ3v) is 5.44. The Morgan fingerprint density at radius 3 is 2.79 bits per heavy atom. The number of fused-ring (bicyclic) bond motifs is 1. The Labute approximate surface area is 190 Å². The molecular weight excluding hydrogens is 451 g/mol. The van der Waals surface area contributed by atoms with Gasteiger partial charge in [-0.25, -0.2) is 19.0 Å². The molecule has 3 heterocycles. The molecule has 0 unspecified atom stereocenters. The summed E-state index contributed by atoms with van der Waals surface area (Å²) in [4.78, 5) is 45.1. The zero-order chi connectivity index (χ0) is 23.4. The van der Waals surface area contributed by atoms with Gasteiger partial charge < -0.3 is 10.1 Å². The summed E-state index contributed by atoms with van der Waals surface area (Å²) in [6, 6.07) is 5.67. The fourth-order valence-corrected chi connectivity index (χ4v) is 3.81. The molecule has 0 saturated heterocycles. The number of halogens is 1. The van der Waals surface area contributed by atoms with Crippen LogP contribution in [0.5, 0.6) is 0 Å². The van der Waals surface area contributed by atoms with Gasteiger partial charge in [-0.2, -0.15) is 5.10 Å². The third kappa shape index (κ3) is 5.12. The predicted molar refractivity (Wildman–Crippen MR) is 119 cm³/mol. The highest BCUT2D eigenvalue weighted by atomic mass is 32.1. The highest BCUT2D eigenvalue weighted by Gasteiger charge is 2.14. The van der Waals surface area contributed by atoms with Gasteiger partial charge in [0.15, 0.2) is 10.8 Å². The van der Waals surface area contributed by atoms with Crippen LogP contribution >= 0.6 is 11.3 Å². The monoisotopic (exact) mass is 470 g/mol. The highest BCUT2D eigenvalue weighted by Crippen LogP contribution is 2.17. The van der Waals surface area contributed by atoms with Crippen LogP contribution in [-0.4, -0.2) is 42.8 Å². The minimum atomic E-state index is -0.384. The third-order valence-electron chi connectivity index (χ3n) is 4.63. The Bertz CT molecular complexity index is 1360. The van der Waals surface area contributed by atoms with Crippen molar-refractivity contribution in [3.8, 4) is 5.69 Å². The van der Waals surface area contributed by atoms with Crippen molar-refractivity contribution in [2.24, 2.45) is 0 Å². The van der Waals surface area contributed by atoms with E-state index in [9.17, 15) is 18.8 Å². The van der Waals surface area contributed by atoms with Crippen LogP contribution in [0.25, 0.3) is 16.7 Å². The van der Waals surface area contributed by atoms with Crippen LogP contribution in [0.1, 0.15) is 19.0 Å². The first-order valence-electron chi connectivity index (χ1n) is 10.0. The molecule has 1 amide bonds. The molecule has 0 aliphatic rings. The largest absolute Gasteiger partial charge is 0.466 e. The second-order valence-electron chi connectivity index (χ2n) is 6.94. The number of amides is 1. The molecule has 33 heavy (non-hydrogen) atoms. The number of esters is 1. The van der Waals surface area contributed by atoms with Crippen molar-refractivity contribution in [1.29, 1.82) is 0 Å². The van der Waals surface area contributed by atoms with E-state index < -0.39 is 0 Å². The number of aryl methyl sites for hydroxylation is 1. The Balaban J connectivity index is 1.40. The van der Waals surface area contributed by atoms with Gasteiger partial charge in [-0.15, -0.1) is 11.3 Å². The second-order valence-corrected chi connectivity index (χ2v) is 7.80. The van der Waals surface area contributed by atoms with Crippen LogP contribution in [0.4, 0.5) is 9.52 Å². The molecule has 0 aliphatic heterocycles. The number of nitrogens with one attached hydrogen (secondary N) is 1. The number of anilines is 1. The Hall–Kier alpha value is -3.93. The van der Waals surface area contributed by atoms with E-state index in [1.54, 1.807) is 12.3 Å². The van der Waals surface area contributed by atoms with Gasteiger partial charge in [0.25, 0.3) is 5.56 Å². The number of benzene rings is 1. The van der Waals surface area contributed by atoms with Crippen LogP contribution in [0.2, 0.25) is 0 Å². The molecular formula is C21H19FN6O4S. The Kier molecular flexibility index (Phi) is 6.54. The molecule has 0 fully saturated rings. The van der Waals surface area contributed by atoms with Gasteiger partial charge in [-0.3, -0.25) is 19.0 Å². The summed E-state index contributed by atoms with van der Waals surface area (Å²) in [7, 11) is 0. The number of thiazole rings is 1. The average Bonchev–Trinajstić information content (AvgIpc) is 3.41. The molecule has 0 spiro atoms. The number of hydrogen-bond donors (Lipinski definition) is 1. The first-order valence-corrected chi connectivity index (χ1v) is 10.9. The number of nitrogens with zero attached hydrogens (tertiary/aromatic N) is 5. The molecule has 0 aliphatic carbocycles. The van der Waals surface area contributed by atoms with Gasteiger partial charge in [0.1, 0.15) is 11.2 Å². The van der Waals surface area contributed by atoms with Crippen molar-refractivity contribution < 1.29 is 18.7 Å². The Morgan fingerprint density at radius 2 is 2.03 bits per heavy atom. The number of rotatable bonds is 8. The van der Waals surface area contributed by atoms with Crippen LogP contribution in [-0.2, 0) is 27.3 Å². The van der Waals surface area contributed by atoms with Crippen molar-refractivity contribution in [3.63, 3.8) is 0 Å². The van der Waals surface area contributed by atoms with E-state index in [2.05, 4.69) is 20.4 Å². The van der Waals surface area contributed by atoms with Gasteiger partial charge in [0.2, 0.25) is 5.91 Å². The summed E-state index contributed by atoms with van der Waals surface area (Å²) in [6.45, 7) is 2.12. The molecule has 0 bridgehead atoms. The van der Waals surface area contributed by atoms with E-state index in [-0.39, 0.29) is 48.0 Å². The van der Waals surface area contributed by atoms with Crippen molar-refractivity contribution >= 4 is 39.4 Å². The molecule has 3 aromatic heterocycles. The maximum absolute atomic E-state index is 13.2. The summed E-state index contributed by atoms with van der Waals surface area (Å²) in [5.74, 6) is -1.09. The molecule has 10 nitrogen and oxygen atoms in total. The number of carbonyl (C=O) groups is 2. The highest BCUT2D eigenvalue weighted by molar-refractivity contribution is 7.13. The van der Waals surface area contributed by atoms with E-state index in [4.69, 9.17) is 4.74 Å². The molecule has 1 aromatic carbocycles. The molecule has 0 saturated carbocycles. The summed E-state index contributed by atoms with van der Waals surface area (Å²) in [5, 5.41) is 9.16. The van der Waals surface area contributed by atoms with Crippen molar-refractivity contribution in [2.75, 3.05) is 11.9 Å². The van der Waals surface area contributed by atoms with E-state index in [1.807, 2.05) is 0 Å². The quantitative estimate of drug-likeness (QED) is 0.392. The molecule has 4 rings (SSSR count). The number of carbonyl (C=O) groups excluding carboxylic acids is 2. The molecule has 4 aromatic rings. The number of hydrogen-bond acceptors (Lipinski definition) is 8. The lowest BCUT2D eigenvalue weighted by molar-refractivity contribution is -0.142. The van der Waals surface area contributed by atoms with E-state index >= 15 is 0 Å². The smallest absolute Gasteiger partial charge is 0.311 e. The molecule has 12 heteroatoms. The lowest BCUT2D eigenvalue weighted by Gasteiger charge is -2.06. The van der Waals surface area contributed by atoms with Gasteiger partial charge in [-0.1, -0.05) is 0 Å². The summed E-state index contributed by atoms with van der Waals surface area (Å²) < 4.78 is 20.8. The Morgan fingerprint density at radius 1 is 1.24 bits per heavy atom. The molecule has 0 atom stereocenters. The average molecular weight is 470 g/mol. The minimum Gasteiger partial charge on any atom is -0.466 e. The van der Waals surface area contributed by atoms with Crippen LogP contribution in [0.15, 0.2) is 47.0 Å². The number of aromatic nitrogens is 5. The molecule has 170 valence electrons. The van der Waals surface area contributed by atoms with Gasteiger partial charge in [-0.05, 0) is 31.2 Å². The first kappa shape index (κ1) is 22.3. The van der Waals surface area contributed by atoms with E-state index in [0.717, 1.165) is 0 Å².